The Morgan fingerprint density at radius 1 is 1.15 bits per heavy atom. The van der Waals surface area contributed by atoms with Gasteiger partial charge in [-0.15, -0.1) is 0 Å². The molecule has 1 saturated carbocycles. The molecule has 1 aliphatic rings. The van der Waals surface area contributed by atoms with Gasteiger partial charge in [0.15, 0.2) is 0 Å². The van der Waals surface area contributed by atoms with E-state index >= 15 is 0 Å². The fourth-order valence-electron chi connectivity index (χ4n) is 3.62. The highest BCUT2D eigenvalue weighted by molar-refractivity contribution is 5.94. The number of nitrogens with zero attached hydrogens (tertiary/aromatic N) is 1. The van der Waals surface area contributed by atoms with Gasteiger partial charge in [-0.1, -0.05) is 30.3 Å². The summed E-state index contributed by atoms with van der Waals surface area (Å²) in [5.41, 5.74) is 3.18. The molecule has 3 aromatic rings. The Morgan fingerprint density at radius 2 is 1.89 bits per heavy atom. The minimum Gasteiger partial charge on any atom is -0.393 e. The monoisotopic (exact) mass is 362 g/mol. The maximum absolute atomic E-state index is 12.8. The molecule has 27 heavy (non-hydrogen) atoms. The van der Waals surface area contributed by atoms with Gasteiger partial charge in [-0.25, -0.2) is 0 Å². The second kappa shape index (κ2) is 7.47. The van der Waals surface area contributed by atoms with Gasteiger partial charge in [-0.3, -0.25) is 9.78 Å². The highest BCUT2D eigenvalue weighted by Gasteiger charge is 2.36. The van der Waals surface area contributed by atoms with Crippen LogP contribution in [0, 0.1) is 5.92 Å². The van der Waals surface area contributed by atoms with Gasteiger partial charge in [0.05, 0.1) is 24.3 Å². The SMILES string of the molecule is O=C(N[C@@H](c1cnc2ccccc2c1)C1CC(O)C1)c1ccc(CO)cc1. The van der Waals surface area contributed by atoms with Crippen LogP contribution in [-0.4, -0.2) is 27.2 Å². The molecule has 0 saturated heterocycles. The molecule has 4 rings (SSSR count). The average Bonchev–Trinajstić information content (AvgIpc) is 2.69. The third-order valence-corrected chi connectivity index (χ3v) is 5.28. The van der Waals surface area contributed by atoms with Gasteiger partial charge in [-0.2, -0.15) is 0 Å². The first kappa shape index (κ1) is 17.6. The van der Waals surface area contributed by atoms with Crippen LogP contribution in [0.4, 0.5) is 0 Å². The molecule has 0 radical (unpaired) electrons. The molecular weight excluding hydrogens is 340 g/mol. The van der Waals surface area contributed by atoms with Crippen LogP contribution >= 0.6 is 0 Å². The Labute approximate surface area is 157 Å². The van der Waals surface area contributed by atoms with E-state index in [2.05, 4.69) is 16.4 Å². The van der Waals surface area contributed by atoms with Crippen molar-refractivity contribution in [3.05, 3.63) is 77.5 Å². The summed E-state index contributed by atoms with van der Waals surface area (Å²) in [6, 6.07) is 16.7. The minimum atomic E-state index is -0.299. The molecule has 0 bridgehead atoms. The number of amides is 1. The zero-order chi connectivity index (χ0) is 18.8. The van der Waals surface area contributed by atoms with E-state index in [1.165, 1.54) is 0 Å². The number of hydrogen-bond donors (Lipinski definition) is 3. The van der Waals surface area contributed by atoms with Gasteiger partial charge in [0.25, 0.3) is 5.91 Å². The number of aliphatic hydroxyl groups excluding tert-OH is 2. The summed E-state index contributed by atoms with van der Waals surface area (Å²) >= 11 is 0. The fraction of sp³-hybridized carbons (Fsp3) is 0.273. The highest BCUT2D eigenvalue weighted by atomic mass is 16.3. The molecular formula is C22H22N2O3. The Hall–Kier alpha value is -2.76. The van der Waals surface area contributed by atoms with E-state index in [4.69, 9.17) is 5.11 Å². The number of carbonyl (C=O) groups excluding carboxylic acids is 1. The van der Waals surface area contributed by atoms with Crippen LogP contribution in [0.5, 0.6) is 0 Å². The second-order valence-electron chi connectivity index (χ2n) is 7.15. The van der Waals surface area contributed by atoms with Crippen LogP contribution in [0.1, 0.15) is 40.4 Å². The van der Waals surface area contributed by atoms with Gasteiger partial charge < -0.3 is 15.5 Å². The minimum absolute atomic E-state index is 0.0484. The molecule has 1 fully saturated rings. The van der Waals surface area contributed by atoms with E-state index in [1.54, 1.807) is 24.3 Å². The van der Waals surface area contributed by atoms with E-state index in [0.717, 1.165) is 22.0 Å². The summed E-state index contributed by atoms with van der Waals surface area (Å²) < 4.78 is 0. The van der Waals surface area contributed by atoms with Crippen LogP contribution in [0.15, 0.2) is 60.8 Å². The molecule has 5 nitrogen and oxygen atoms in total. The van der Waals surface area contributed by atoms with Crippen molar-refractivity contribution in [3.63, 3.8) is 0 Å². The van der Waals surface area contributed by atoms with Crippen LogP contribution in [0.3, 0.4) is 0 Å². The Kier molecular flexibility index (Phi) is 4.88. The number of aliphatic hydroxyl groups is 2. The fourth-order valence-corrected chi connectivity index (χ4v) is 3.62. The van der Waals surface area contributed by atoms with Crippen LogP contribution < -0.4 is 5.32 Å². The number of carbonyl (C=O) groups is 1. The summed E-state index contributed by atoms with van der Waals surface area (Å²) in [6.45, 7) is -0.0484. The van der Waals surface area contributed by atoms with Crippen molar-refractivity contribution in [3.8, 4) is 0 Å². The summed E-state index contributed by atoms with van der Waals surface area (Å²) in [6.07, 6.45) is 2.85. The third kappa shape index (κ3) is 3.70. The quantitative estimate of drug-likeness (QED) is 0.652. The maximum Gasteiger partial charge on any atom is 0.251 e. The van der Waals surface area contributed by atoms with Crippen molar-refractivity contribution in [2.45, 2.75) is 31.6 Å². The molecule has 1 amide bonds. The number of rotatable bonds is 5. The number of aromatic nitrogens is 1. The topological polar surface area (TPSA) is 82.5 Å². The largest absolute Gasteiger partial charge is 0.393 e. The predicted molar refractivity (Wildman–Crippen MR) is 103 cm³/mol. The van der Waals surface area contributed by atoms with Gasteiger partial charge in [-0.05, 0) is 54.2 Å². The number of para-hydroxylation sites is 1. The van der Waals surface area contributed by atoms with Crippen LogP contribution in [0.25, 0.3) is 10.9 Å². The smallest absolute Gasteiger partial charge is 0.251 e. The number of fused-ring (bicyclic) bond motifs is 1. The average molecular weight is 362 g/mol. The van der Waals surface area contributed by atoms with E-state index in [9.17, 15) is 9.90 Å². The number of benzene rings is 2. The lowest BCUT2D eigenvalue weighted by Crippen LogP contribution is -2.41. The van der Waals surface area contributed by atoms with E-state index in [-0.39, 0.29) is 30.6 Å². The number of nitrogens with one attached hydrogen (secondary N) is 1. The predicted octanol–water partition coefficient (Wildman–Crippen LogP) is 2.97. The number of hydrogen-bond acceptors (Lipinski definition) is 4. The van der Waals surface area contributed by atoms with Crippen molar-refractivity contribution < 1.29 is 15.0 Å². The molecule has 1 aromatic heterocycles. The zero-order valence-electron chi connectivity index (χ0n) is 14.9. The Bertz CT molecular complexity index is 949. The van der Waals surface area contributed by atoms with Crippen LogP contribution in [-0.2, 0) is 6.61 Å². The van der Waals surface area contributed by atoms with Gasteiger partial charge in [0.2, 0.25) is 0 Å². The lowest BCUT2D eigenvalue weighted by Gasteiger charge is -2.38. The Balaban J connectivity index is 1.61. The molecule has 3 N–H and O–H groups in total. The first-order chi connectivity index (χ1) is 13.1. The van der Waals surface area contributed by atoms with Crippen LogP contribution in [0.2, 0.25) is 0 Å². The molecule has 0 spiro atoms. The molecule has 2 aromatic carbocycles. The maximum atomic E-state index is 12.8. The second-order valence-corrected chi connectivity index (χ2v) is 7.15. The molecule has 1 atom stereocenters. The normalized spacial score (nSPS) is 20.1. The molecule has 5 heteroatoms. The van der Waals surface area contributed by atoms with E-state index < -0.39 is 0 Å². The van der Waals surface area contributed by atoms with E-state index in [1.807, 2.05) is 30.5 Å². The van der Waals surface area contributed by atoms with Crippen molar-refractivity contribution in [1.82, 2.24) is 10.3 Å². The zero-order valence-corrected chi connectivity index (χ0v) is 14.9. The molecule has 1 heterocycles. The van der Waals surface area contributed by atoms with Crippen molar-refractivity contribution in [1.29, 1.82) is 0 Å². The first-order valence-corrected chi connectivity index (χ1v) is 9.17. The summed E-state index contributed by atoms with van der Waals surface area (Å²) in [5.74, 6) is 0.0164. The van der Waals surface area contributed by atoms with Crippen molar-refractivity contribution in [2.24, 2.45) is 5.92 Å². The third-order valence-electron chi connectivity index (χ3n) is 5.28. The lowest BCUT2D eigenvalue weighted by atomic mass is 9.75. The molecule has 1 aliphatic carbocycles. The first-order valence-electron chi connectivity index (χ1n) is 9.17. The summed E-state index contributed by atoms with van der Waals surface area (Å²) in [4.78, 5) is 17.3. The summed E-state index contributed by atoms with van der Waals surface area (Å²) in [5, 5.41) is 23.0. The lowest BCUT2D eigenvalue weighted by molar-refractivity contribution is 0.0235. The van der Waals surface area contributed by atoms with Gasteiger partial charge in [0.1, 0.15) is 0 Å². The summed E-state index contributed by atoms with van der Waals surface area (Å²) in [7, 11) is 0. The van der Waals surface area contributed by atoms with Crippen molar-refractivity contribution >= 4 is 16.8 Å². The van der Waals surface area contributed by atoms with Gasteiger partial charge >= 0.3 is 0 Å². The standard InChI is InChI=1S/C22H22N2O3/c25-13-14-5-7-15(8-6-14)22(27)24-21(17-10-19(26)11-17)18-9-16-3-1-2-4-20(16)23-12-18/h1-9,12,17,19,21,25-26H,10-11,13H2,(H,24,27)/t17?,19?,21-/m1/s1. The van der Waals surface area contributed by atoms with E-state index in [0.29, 0.717) is 18.4 Å². The van der Waals surface area contributed by atoms with Gasteiger partial charge in [0, 0.05) is 17.1 Å². The number of pyridine rings is 1. The van der Waals surface area contributed by atoms with Crippen molar-refractivity contribution in [2.75, 3.05) is 0 Å². The molecule has 0 aliphatic heterocycles. The Morgan fingerprint density at radius 3 is 2.59 bits per heavy atom. The highest BCUT2D eigenvalue weighted by Crippen LogP contribution is 2.38. The molecule has 0 unspecified atom stereocenters. The molecule has 138 valence electrons.